The molecule has 32 heavy (non-hydrogen) atoms. The predicted octanol–water partition coefficient (Wildman–Crippen LogP) is 1.47. The zero-order chi connectivity index (χ0) is 23.1. The van der Waals surface area contributed by atoms with Crippen LogP contribution in [0.25, 0.3) is 0 Å². The van der Waals surface area contributed by atoms with Crippen LogP contribution in [0.15, 0.2) is 53.4 Å². The summed E-state index contributed by atoms with van der Waals surface area (Å²) < 4.78 is 31.6. The highest BCUT2D eigenvalue weighted by atomic mass is 32.2. The van der Waals surface area contributed by atoms with Gasteiger partial charge in [0, 0.05) is 32.7 Å². The molecule has 0 spiro atoms. The highest BCUT2D eigenvalue weighted by Gasteiger charge is 2.22. The molecule has 0 aromatic heterocycles. The first kappa shape index (κ1) is 23.9. The highest BCUT2D eigenvalue weighted by molar-refractivity contribution is 7.89. The molecular weight excluding hydrogens is 430 g/mol. The maximum absolute atomic E-state index is 12.4. The number of benzene rings is 2. The summed E-state index contributed by atoms with van der Waals surface area (Å²) in [6, 6.07) is 14.6. The Morgan fingerprint density at radius 1 is 0.969 bits per heavy atom. The fourth-order valence-electron chi connectivity index (χ4n) is 3.46. The molecule has 172 valence electrons. The average molecular weight is 460 g/mol. The van der Waals surface area contributed by atoms with Crippen molar-refractivity contribution in [3.8, 4) is 0 Å². The Hall–Kier alpha value is -2.75. The van der Waals surface area contributed by atoms with E-state index in [2.05, 4.69) is 34.7 Å². The fourth-order valence-corrected chi connectivity index (χ4v) is 4.43. The lowest BCUT2D eigenvalue weighted by atomic mass is 10.1. The van der Waals surface area contributed by atoms with Gasteiger partial charge in [0.1, 0.15) is 6.54 Å². The molecule has 1 aliphatic rings. The first-order chi connectivity index (χ1) is 15.2. The normalized spacial score (nSPS) is 14.9. The molecule has 1 amide bonds. The van der Waals surface area contributed by atoms with Gasteiger partial charge in [-0.25, -0.2) is 8.42 Å². The number of rotatable bonds is 8. The summed E-state index contributed by atoms with van der Waals surface area (Å²) in [6.45, 7) is 6.41. The molecule has 0 saturated carbocycles. The number of amides is 1. The molecule has 3 rings (SSSR count). The number of hydrogen-bond donors (Lipinski definition) is 1. The van der Waals surface area contributed by atoms with Crippen LogP contribution in [0.1, 0.15) is 16.7 Å². The van der Waals surface area contributed by atoms with Gasteiger partial charge in [-0.1, -0.05) is 47.5 Å². The van der Waals surface area contributed by atoms with E-state index in [-0.39, 0.29) is 10.8 Å². The van der Waals surface area contributed by atoms with Gasteiger partial charge in [0.05, 0.1) is 4.90 Å². The average Bonchev–Trinajstić information content (AvgIpc) is 2.77. The minimum absolute atomic E-state index is 0.0653. The smallest absolute Gasteiger partial charge is 0.321 e. The van der Waals surface area contributed by atoms with Crippen molar-refractivity contribution in [1.29, 1.82) is 0 Å². The van der Waals surface area contributed by atoms with Gasteiger partial charge in [-0.15, -0.1) is 0 Å². The largest absolute Gasteiger partial charge is 0.455 e. The lowest BCUT2D eigenvalue weighted by Crippen LogP contribution is -2.49. The molecule has 1 aliphatic heterocycles. The molecule has 0 bridgehead atoms. The molecule has 1 N–H and O–H groups in total. The third-order valence-corrected chi connectivity index (χ3v) is 6.73. The van der Waals surface area contributed by atoms with Crippen LogP contribution in [0.5, 0.6) is 0 Å². The van der Waals surface area contributed by atoms with E-state index in [9.17, 15) is 18.0 Å². The Balaban J connectivity index is 1.38. The van der Waals surface area contributed by atoms with Crippen LogP contribution >= 0.6 is 0 Å². The molecule has 1 heterocycles. The number of carbonyl (C=O) groups excluding carboxylic acids is 2. The van der Waals surface area contributed by atoms with Gasteiger partial charge in [0.2, 0.25) is 10.0 Å². The van der Waals surface area contributed by atoms with Crippen molar-refractivity contribution < 1.29 is 22.7 Å². The van der Waals surface area contributed by atoms with Gasteiger partial charge in [-0.2, -0.15) is 4.72 Å². The number of esters is 1. The van der Waals surface area contributed by atoms with Crippen LogP contribution < -0.4 is 4.72 Å². The zero-order valence-electron chi connectivity index (χ0n) is 18.4. The lowest BCUT2D eigenvalue weighted by Gasteiger charge is -2.34. The number of hydrogen-bond acceptors (Lipinski definition) is 6. The minimum atomic E-state index is -3.82. The van der Waals surface area contributed by atoms with E-state index in [1.165, 1.54) is 23.3 Å². The second-order valence-corrected chi connectivity index (χ2v) is 9.71. The van der Waals surface area contributed by atoms with Crippen molar-refractivity contribution in [1.82, 2.24) is 14.5 Å². The van der Waals surface area contributed by atoms with Gasteiger partial charge in [-0.3, -0.25) is 14.5 Å². The Labute approximate surface area is 189 Å². The SMILES string of the molecule is Cc1ccc(S(=O)(=O)NCC(=O)OCC(=O)N2CCN(Cc3cccc(C)c3)CC2)cc1. The topological polar surface area (TPSA) is 96.0 Å². The van der Waals surface area contributed by atoms with Gasteiger partial charge < -0.3 is 9.64 Å². The van der Waals surface area contributed by atoms with Gasteiger partial charge in [0.25, 0.3) is 5.91 Å². The lowest BCUT2D eigenvalue weighted by molar-refractivity contribution is -0.151. The van der Waals surface area contributed by atoms with Crippen LogP contribution in [-0.4, -0.2) is 69.4 Å². The summed E-state index contributed by atoms with van der Waals surface area (Å²) in [7, 11) is -3.82. The summed E-state index contributed by atoms with van der Waals surface area (Å²) in [6.07, 6.45) is 0. The van der Waals surface area contributed by atoms with Crippen LogP contribution in [0.4, 0.5) is 0 Å². The molecule has 9 heteroatoms. The van der Waals surface area contributed by atoms with E-state index < -0.39 is 29.1 Å². The van der Waals surface area contributed by atoms with Crippen molar-refractivity contribution >= 4 is 21.9 Å². The number of nitrogens with one attached hydrogen (secondary N) is 1. The van der Waals surface area contributed by atoms with Crippen LogP contribution in [0.3, 0.4) is 0 Å². The fraction of sp³-hybridized carbons (Fsp3) is 0.391. The number of sulfonamides is 1. The van der Waals surface area contributed by atoms with E-state index in [4.69, 9.17) is 4.74 Å². The van der Waals surface area contributed by atoms with Crippen molar-refractivity contribution in [2.45, 2.75) is 25.3 Å². The summed E-state index contributed by atoms with van der Waals surface area (Å²) in [5.74, 6) is -1.08. The number of aryl methyl sites for hydroxylation is 2. The number of nitrogens with zero attached hydrogens (tertiary/aromatic N) is 2. The quantitative estimate of drug-likeness (QED) is 0.601. The van der Waals surface area contributed by atoms with Crippen LogP contribution in [0, 0.1) is 13.8 Å². The van der Waals surface area contributed by atoms with Gasteiger partial charge in [0.15, 0.2) is 6.61 Å². The summed E-state index contributed by atoms with van der Waals surface area (Å²) in [5, 5.41) is 0. The Bertz CT molecular complexity index is 1050. The predicted molar refractivity (Wildman–Crippen MR) is 120 cm³/mol. The molecule has 0 radical (unpaired) electrons. The van der Waals surface area contributed by atoms with Gasteiger partial charge >= 0.3 is 5.97 Å². The van der Waals surface area contributed by atoms with Crippen molar-refractivity contribution in [2.24, 2.45) is 0 Å². The molecule has 0 atom stereocenters. The Kier molecular flexibility index (Phi) is 8.00. The van der Waals surface area contributed by atoms with Crippen molar-refractivity contribution in [3.05, 3.63) is 65.2 Å². The van der Waals surface area contributed by atoms with E-state index in [0.29, 0.717) is 13.1 Å². The second-order valence-electron chi connectivity index (χ2n) is 7.94. The molecule has 0 aliphatic carbocycles. The highest BCUT2D eigenvalue weighted by Crippen LogP contribution is 2.11. The maximum Gasteiger partial charge on any atom is 0.321 e. The summed E-state index contributed by atoms with van der Waals surface area (Å²) in [5.41, 5.74) is 3.39. The second kappa shape index (κ2) is 10.7. The molecule has 2 aromatic rings. The molecule has 2 aromatic carbocycles. The number of carbonyl (C=O) groups is 2. The maximum atomic E-state index is 12.4. The molecule has 1 fully saturated rings. The number of ether oxygens (including phenoxy) is 1. The van der Waals surface area contributed by atoms with Crippen LogP contribution in [-0.2, 0) is 30.9 Å². The third-order valence-electron chi connectivity index (χ3n) is 5.31. The molecule has 0 unspecified atom stereocenters. The van der Waals surface area contributed by atoms with Crippen molar-refractivity contribution in [3.63, 3.8) is 0 Å². The first-order valence-electron chi connectivity index (χ1n) is 10.5. The monoisotopic (exact) mass is 459 g/mol. The molecular formula is C23H29N3O5S. The van der Waals surface area contributed by atoms with Gasteiger partial charge in [-0.05, 0) is 31.5 Å². The first-order valence-corrected chi connectivity index (χ1v) is 12.0. The Morgan fingerprint density at radius 2 is 1.66 bits per heavy atom. The third kappa shape index (κ3) is 6.88. The Morgan fingerprint density at radius 3 is 2.31 bits per heavy atom. The standard InChI is InChI=1S/C23H29N3O5S/c1-18-6-8-21(9-7-18)32(29,30)24-15-23(28)31-17-22(27)26-12-10-25(11-13-26)16-20-5-3-4-19(2)14-20/h3-9,14,24H,10-13,15-17H2,1-2H3. The molecule has 1 saturated heterocycles. The molecule has 8 nitrogen and oxygen atoms in total. The van der Waals surface area contributed by atoms with E-state index in [1.807, 2.05) is 13.0 Å². The number of piperazine rings is 1. The summed E-state index contributed by atoms with van der Waals surface area (Å²) in [4.78, 5) is 28.3. The van der Waals surface area contributed by atoms with E-state index in [0.717, 1.165) is 25.2 Å². The zero-order valence-corrected chi connectivity index (χ0v) is 19.2. The summed E-state index contributed by atoms with van der Waals surface area (Å²) >= 11 is 0. The van der Waals surface area contributed by atoms with E-state index in [1.54, 1.807) is 17.0 Å². The van der Waals surface area contributed by atoms with E-state index >= 15 is 0 Å². The van der Waals surface area contributed by atoms with Crippen molar-refractivity contribution in [2.75, 3.05) is 39.3 Å². The van der Waals surface area contributed by atoms with Crippen LogP contribution in [0.2, 0.25) is 0 Å². The minimum Gasteiger partial charge on any atom is -0.455 e.